The molecule has 2 saturated carbocycles. The lowest BCUT2D eigenvalue weighted by Gasteiger charge is -2.38. The van der Waals surface area contributed by atoms with Crippen LogP contribution in [0.25, 0.3) is 0 Å². The number of benzene rings is 1. The number of piperidine rings is 1. The van der Waals surface area contributed by atoms with Crippen LogP contribution in [-0.2, 0) is 35.3 Å². The molecule has 0 radical (unpaired) electrons. The molecule has 0 bridgehead atoms. The van der Waals surface area contributed by atoms with E-state index in [1.54, 1.807) is 20.8 Å². The summed E-state index contributed by atoms with van der Waals surface area (Å²) in [5.41, 5.74) is -0.772. The summed E-state index contributed by atoms with van der Waals surface area (Å²) in [7, 11) is 0. The molecule has 12 nitrogen and oxygen atoms in total. The molecule has 0 aromatic heterocycles. The average molecular weight is 654 g/mol. The van der Waals surface area contributed by atoms with Gasteiger partial charge in [-0.15, -0.1) is 0 Å². The number of carbonyl (C=O) groups excluding carboxylic acids is 6. The van der Waals surface area contributed by atoms with Gasteiger partial charge in [0.25, 0.3) is 5.91 Å². The zero-order chi connectivity index (χ0) is 34.9. The van der Waals surface area contributed by atoms with Gasteiger partial charge in [0, 0.05) is 13.1 Å². The Morgan fingerprint density at radius 3 is 2.15 bits per heavy atom. The molecule has 0 spiro atoms. The lowest BCUT2D eigenvalue weighted by molar-refractivity contribution is -0.145. The van der Waals surface area contributed by atoms with Crippen molar-refractivity contribution in [2.75, 3.05) is 13.1 Å². The topological polar surface area (TPSA) is 163 Å². The minimum absolute atomic E-state index is 0.0691. The molecule has 1 heterocycles. The molecule has 4 N–H and O–H groups in total. The van der Waals surface area contributed by atoms with Crippen LogP contribution in [0.5, 0.6) is 0 Å². The highest BCUT2D eigenvalue weighted by Crippen LogP contribution is 2.65. The van der Waals surface area contributed by atoms with Crippen LogP contribution in [0.1, 0.15) is 80.2 Å². The third-order valence-electron chi connectivity index (χ3n) is 9.40. The van der Waals surface area contributed by atoms with Gasteiger partial charge in [-0.2, -0.15) is 0 Å². The molecule has 1 aliphatic heterocycles. The van der Waals surface area contributed by atoms with Crippen molar-refractivity contribution in [3.8, 4) is 0 Å². The van der Waals surface area contributed by atoms with Crippen molar-refractivity contribution >= 4 is 35.5 Å². The Labute approximate surface area is 277 Å². The first kappa shape index (κ1) is 35.9. The fraction of sp³-hybridized carbons (Fsp3) is 0.657. The second-order valence-electron chi connectivity index (χ2n) is 15.9. The highest BCUT2D eigenvalue weighted by Gasteiger charge is 2.70. The van der Waals surface area contributed by atoms with Gasteiger partial charge in [0.2, 0.25) is 23.5 Å². The maximum absolute atomic E-state index is 14.1. The molecular formula is C35H51N5O7. The maximum Gasteiger partial charge on any atom is 0.408 e. The van der Waals surface area contributed by atoms with Crippen LogP contribution in [0, 0.1) is 28.6 Å². The van der Waals surface area contributed by atoms with E-state index < -0.39 is 64.6 Å². The monoisotopic (exact) mass is 653 g/mol. The Kier molecular flexibility index (Phi) is 10.4. The molecule has 5 atom stereocenters. The minimum atomic E-state index is -1.10. The van der Waals surface area contributed by atoms with Gasteiger partial charge in [0.05, 0.1) is 12.6 Å². The highest BCUT2D eigenvalue weighted by molar-refractivity contribution is 6.38. The number of carbonyl (C=O) groups is 6. The fourth-order valence-electron chi connectivity index (χ4n) is 6.49. The number of fused-ring (bicyclic) bond motifs is 1. The number of likely N-dealkylation sites (tertiary alicyclic amines) is 1. The minimum Gasteiger partial charge on any atom is -0.444 e. The van der Waals surface area contributed by atoms with Crippen molar-refractivity contribution in [1.29, 1.82) is 0 Å². The standard InChI is InChI=1S/C35H51N5O7/c1-33(2,3)28(39-32(46)47-34(4,5)6)31(45)40-19-22-25(35(22,7)8)26(40)29(43)38-23(16-20-14-15-20)27(42)30(44)37-18-24(41)36-17-21-12-10-9-11-13-21/h9-13,20,22-23,25-26,28H,14-19H2,1-8H3,(H,36,41)(H,37,44)(H,38,43)(H,39,46)/t22?,23?,25?,26?,28-/m1/s1. The summed E-state index contributed by atoms with van der Waals surface area (Å²) in [5.74, 6) is -3.03. The van der Waals surface area contributed by atoms with Crippen LogP contribution in [-0.4, -0.2) is 77.2 Å². The molecule has 3 aliphatic rings. The van der Waals surface area contributed by atoms with Crippen LogP contribution in [0.2, 0.25) is 0 Å². The predicted octanol–water partition coefficient (Wildman–Crippen LogP) is 2.70. The van der Waals surface area contributed by atoms with Gasteiger partial charge >= 0.3 is 6.09 Å². The van der Waals surface area contributed by atoms with Crippen molar-refractivity contribution in [3.63, 3.8) is 0 Å². The number of amides is 5. The van der Waals surface area contributed by atoms with Crippen LogP contribution in [0.15, 0.2) is 30.3 Å². The fourth-order valence-corrected chi connectivity index (χ4v) is 6.49. The van der Waals surface area contributed by atoms with Gasteiger partial charge in [-0.3, -0.25) is 24.0 Å². The van der Waals surface area contributed by atoms with Gasteiger partial charge in [0.15, 0.2) is 0 Å². The third-order valence-corrected chi connectivity index (χ3v) is 9.40. The molecule has 5 amide bonds. The first-order valence-corrected chi connectivity index (χ1v) is 16.5. The number of rotatable bonds is 12. The third kappa shape index (κ3) is 9.10. The van der Waals surface area contributed by atoms with Crippen molar-refractivity contribution in [2.24, 2.45) is 28.6 Å². The maximum atomic E-state index is 14.1. The second kappa shape index (κ2) is 13.6. The molecule has 4 rings (SSSR count). The average Bonchev–Trinajstić information content (AvgIpc) is 3.83. The Morgan fingerprint density at radius 1 is 0.936 bits per heavy atom. The summed E-state index contributed by atoms with van der Waals surface area (Å²) in [6.45, 7) is 15.0. The van der Waals surface area contributed by atoms with E-state index in [0.717, 1.165) is 18.4 Å². The number of hydrogen-bond acceptors (Lipinski definition) is 7. The van der Waals surface area contributed by atoms with E-state index in [1.807, 2.05) is 65.0 Å². The van der Waals surface area contributed by atoms with Gasteiger partial charge in [-0.25, -0.2) is 4.79 Å². The van der Waals surface area contributed by atoms with Crippen LogP contribution < -0.4 is 21.3 Å². The summed E-state index contributed by atoms with van der Waals surface area (Å²) in [5, 5.41) is 10.6. The molecule has 4 unspecified atom stereocenters. The number of ether oxygens (including phenoxy) is 1. The van der Waals surface area contributed by atoms with Gasteiger partial charge < -0.3 is 30.9 Å². The highest BCUT2D eigenvalue weighted by atomic mass is 16.6. The smallest absolute Gasteiger partial charge is 0.408 e. The van der Waals surface area contributed by atoms with Crippen LogP contribution >= 0.6 is 0 Å². The van der Waals surface area contributed by atoms with E-state index in [0.29, 0.717) is 13.0 Å². The zero-order valence-corrected chi connectivity index (χ0v) is 28.9. The molecule has 1 aromatic rings. The summed E-state index contributed by atoms with van der Waals surface area (Å²) < 4.78 is 5.43. The molecule has 47 heavy (non-hydrogen) atoms. The first-order chi connectivity index (χ1) is 21.8. The summed E-state index contributed by atoms with van der Waals surface area (Å²) in [6.07, 6.45) is 1.34. The first-order valence-electron chi connectivity index (χ1n) is 16.5. The zero-order valence-electron chi connectivity index (χ0n) is 28.9. The van der Waals surface area contributed by atoms with E-state index in [2.05, 4.69) is 21.3 Å². The van der Waals surface area contributed by atoms with E-state index in [1.165, 1.54) is 4.90 Å². The number of alkyl carbamates (subject to hydrolysis) is 1. The molecule has 2 aliphatic carbocycles. The lowest BCUT2D eigenvalue weighted by Crippen LogP contribution is -2.61. The molecule has 1 saturated heterocycles. The number of ketones is 1. The summed E-state index contributed by atoms with van der Waals surface area (Å²) >= 11 is 0. The van der Waals surface area contributed by atoms with E-state index in [-0.39, 0.29) is 36.3 Å². The van der Waals surface area contributed by atoms with Crippen LogP contribution in [0.3, 0.4) is 0 Å². The van der Waals surface area contributed by atoms with E-state index in [9.17, 15) is 28.8 Å². The van der Waals surface area contributed by atoms with Crippen molar-refractivity contribution < 1.29 is 33.5 Å². The second-order valence-corrected chi connectivity index (χ2v) is 15.9. The largest absolute Gasteiger partial charge is 0.444 e. The van der Waals surface area contributed by atoms with Gasteiger partial charge in [-0.1, -0.05) is 77.8 Å². The Hall–Kier alpha value is -3.96. The molecule has 258 valence electrons. The predicted molar refractivity (Wildman–Crippen MR) is 174 cm³/mol. The van der Waals surface area contributed by atoms with Crippen molar-refractivity contribution in [3.05, 3.63) is 35.9 Å². The Morgan fingerprint density at radius 2 is 1.57 bits per heavy atom. The molecular weight excluding hydrogens is 602 g/mol. The quantitative estimate of drug-likeness (QED) is 0.252. The SMILES string of the molecule is CC(C)(C)OC(=O)N[C@H](C(=O)N1CC2C(C1C(=O)NC(CC1CC1)C(=O)C(=O)NCC(=O)NCc1ccccc1)C2(C)C)C(C)(C)C. The summed E-state index contributed by atoms with van der Waals surface area (Å²) in [4.78, 5) is 81.0. The summed E-state index contributed by atoms with van der Waals surface area (Å²) in [6, 6.07) is 6.34. The normalized spacial score (nSPS) is 22.6. The molecule has 1 aromatic carbocycles. The molecule has 12 heteroatoms. The van der Waals surface area contributed by atoms with E-state index in [4.69, 9.17) is 4.74 Å². The van der Waals surface area contributed by atoms with E-state index >= 15 is 0 Å². The van der Waals surface area contributed by atoms with Crippen molar-refractivity contribution in [1.82, 2.24) is 26.2 Å². The molecule has 3 fully saturated rings. The van der Waals surface area contributed by atoms with Crippen LogP contribution in [0.4, 0.5) is 4.79 Å². The number of nitrogens with zero attached hydrogens (tertiary/aromatic N) is 1. The number of Topliss-reactive ketones (excluding diaryl/α,β-unsaturated/α-hetero) is 1. The number of hydrogen-bond donors (Lipinski definition) is 4. The van der Waals surface area contributed by atoms with Gasteiger partial charge in [-0.05, 0) is 61.3 Å². The van der Waals surface area contributed by atoms with Gasteiger partial charge in [0.1, 0.15) is 17.7 Å². The lowest BCUT2D eigenvalue weighted by atomic mass is 9.85. The Bertz CT molecular complexity index is 1380. The van der Waals surface area contributed by atoms with Crippen molar-refractivity contribution in [2.45, 2.75) is 105 Å². The number of nitrogens with one attached hydrogen (secondary N) is 4. The Balaban J connectivity index is 1.44.